The third kappa shape index (κ3) is 1.77. The average molecular weight is 244 g/mol. The van der Waals surface area contributed by atoms with Gasteiger partial charge in [-0.25, -0.2) is 9.37 Å². The summed E-state index contributed by atoms with van der Waals surface area (Å²) in [5, 5.41) is 11.3. The van der Waals surface area contributed by atoms with E-state index < -0.39 is 0 Å². The lowest BCUT2D eigenvalue weighted by molar-refractivity contribution is 0.585. The Labute approximate surface area is 104 Å². The highest BCUT2D eigenvalue weighted by molar-refractivity contribution is 5.61. The summed E-state index contributed by atoms with van der Waals surface area (Å²) >= 11 is 0. The molecule has 2 heterocycles. The Balaban J connectivity index is 2.16. The highest BCUT2D eigenvalue weighted by atomic mass is 19.1. The van der Waals surface area contributed by atoms with Crippen LogP contribution in [0.4, 0.5) is 10.3 Å². The summed E-state index contributed by atoms with van der Waals surface area (Å²) in [6.45, 7) is 1.66. The minimum absolute atomic E-state index is 0.298. The van der Waals surface area contributed by atoms with E-state index in [4.69, 9.17) is 5.41 Å². The van der Waals surface area contributed by atoms with Crippen LogP contribution in [0.25, 0.3) is 11.1 Å². The summed E-state index contributed by atoms with van der Waals surface area (Å²) in [5.74, 6) is 0.416. The second-order valence-corrected chi connectivity index (χ2v) is 4.29. The number of anilines is 1. The van der Waals surface area contributed by atoms with E-state index in [2.05, 4.69) is 10.3 Å². The van der Waals surface area contributed by atoms with E-state index in [-0.39, 0.29) is 5.82 Å². The predicted molar refractivity (Wildman–Crippen MR) is 66.6 cm³/mol. The monoisotopic (exact) mass is 244 g/mol. The van der Waals surface area contributed by atoms with E-state index >= 15 is 0 Å². The number of hydrogen-bond donors (Lipinski definition) is 2. The van der Waals surface area contributed by atoms with E-state index in [0.29, 0.717) is 22.6 Å². The molecule has 4 nitrogen and oxygen atoms in total. The van der Waals surface area contributed by atoms with Crippen molar-refractivity contribution in [2.75, 3.05) is 11.9 Å². The first-order valence-electron chi connectivity index (χ1n) is 5.90. The van der Waals surface area contributed by atoms with Crippen molar-refractivity contribution in [3.8, 4) is 11.1 Å². The highest BCUT2D eigenvalue weighted by Crippen LogP contribution is 2.17. The van der Waals surface area contributed by atoms with Crippen LogP contribution in [0.5, 0.6) is 0 Å². The average Bonchev–Trinajstić information content (AvgIpc) is 2.39. The number of hydrogen-bond acceptors (Lipinski definition) is 3. The molecule has 5 heteroatoms. The third-order valence-corrected chi connectivity index (χ3v) is 3.07. The van der Waals surface area contributed by atoms with Crippen LogP contribution in [-0.4, -0.2) is 16.1 Å². The molecule has 0 fully saturated rings. The van der Waals surface area contributed by atoms with Gasteiger partial charge in [0.15, 0.2) is 0 Å². The summed E-state index contributed by atoms with van der Waals surface area (Å²) < 4.78 is 15.0. The third-order valence-electron chi connectivity index (χ3n) is 3.07. The van der Waals surface area contributed by atoms with Gasteiger partial charge in [0, 0.05) is 24.8 Å². The topological polar surface area (TPSA) is 53.7 Å². The van der Waals surface area contributed by atoms with Gasteiger partial charge in [0.2, 0.25) is 5.95 Å². The Hall–Kier alpha value is -2.17. The smallest absolute Gasteiger partial charge is 0.204 e. The molecule has 0 atom stereocenters. The first kappa shape index (κ1) is 11.0. The summed E-state index contributed by atoms with van der Waals surface area (Å²) in [5.41, 5.74) is 1.72. The number of halogens is 1. The second-order valence-electron chi connectivity index (χ2n) is 4.29. The molecule has 0 saturated carbocycles. The van der Waals surface area contributed by atoms with Gasteiger partial charge < -0.3 is 5.32 Å². The van der Waals surface area contributed by atoms with Gasteiger partial charge in [0.05, 0.1) is 0 Å². The van der Waals surface area contributed by atoms with E-state index in [0.717, 1.165) is 19.5 Å². The summed E-state index contributed by atoms with van der Waals surface area (Å²) in [6.07, 6.45) is 2.60. The lowest BCUT2D eigenvalue weighted by Gasteiger charge is -2.20. The van der Waals surface area contributed by atoms with Crippen molar-refractivity contribution in [3.05, 3.63) is 41.8 Å². The van der Waals surface area contributed by atoms with Gasteiger partial charge in [0.1, 0.15) is 11.3 Å². The minimum Gasteiger partial charge on any atom is -0.356 e. The SMILES string of the molecule is N=c1c(-c2cccc(F)c2)cnc2n1CCCN2. The number of aromatic nitrogens is 2. The van der Waals surface area contributed by atoms with E-state index in [1.807, 2.05) is 4.57 Å². The van der Waals surface area contributed by atoms with E-state index in [1.54, 1.807) is 18.3 Å². The zero-order valence-corrected chi connectivity index (χ0v) is 9.78. The molecule has 1 aliphatic rings. The van der Waals surface area contributed by atoms with Crippen molar-refractivity contribution < 1.29 is 4.39 Å². The van der Waals surface area contributed by atoms with Crippen LogP contribution in [0.15, 0.2) is 30.5 Å². The molecular formula is C13H13FN4. The zero-order chi connectivity index (χ0) is 12.5. The van der Waals surface area contributed by atoms with Gasteiger partial charge in [-0.15, -0.1) is 0 Å². The Kier molecular flexibility index (Phi) is 2.59. The molecule has 0 bridgehead atoms. The maximum atomic E-state index is 13.2. The molecule has 0 spiro atoms. The molecule has 2 N–H and O–H groups in total. The van der Waals surface area contributed by atoms with Gasteiger partial charge in [-0.1, -0.05) is 12.1 Å². The molecule has 92 valence electrons. The van der Waals surface area contributed by atoms with E-state index in [9.17, 15) is 4.39 Å². The number of nitrogens with zero attached hydrogens (tertiary/aromatic N) is 2. The molecule has 1 aromatic carbocycles. The quantitative estimate of drug-likeness (QED) is 0.806. The maximum Gasteiger partial charge on any atom is 0.204 e. The molecule has 18 heavy (non-hydrogen) atoms. The standard InChI is InChI=1S/C13H13FN4/c14-10-4-1-3-9(7-10)11-8-17-13-16-5-2-6-18(13)12(11)15/h1,3-4,7-8,15H,2,5-6H2,(H,16,17). The molecule has 0 saturated heterocycles. The number of rotatable bonds is 1. The number of benzene rings is 1. The van der Waals surface area contributed by atoms with Gasteiger partial charge in [-0.05, 0) is 24.1 Å². The lowest BCUT2D eigenvalue weighted by atomic mass is 10.1. The molecule has 1 aliphatic heterocycles. The molecule has 2 aromatic rings. The van der Waals surface area contributed by atoms with Crippen LogP contribution in [0.1, 0.15) is 6.42 Å². The summed E-state index contributed by atoms with van der Waals surface area (Å²) in [4.78, 5) is 4.30. The Bertz CT molecular complexity index is 648. The van der Waals surface area contributed by atoms with Gasteiger partial charge >= 0.3 is 0 Å². The van der Waals surface area contributed by atoms with Crippen molar-refractivity contribution in [1.82, 2.24) is 9.55 Å². The zero-order valence-electron chi connectivity index (χ0n) is 9.78. The first-order valence-corrected chi connectivity index (χ1v) is 5.90. The van der Waals surface area contributed by atoms with Gasteiger partial charge in [0.25, 0.3) is 0 Å². The van der Waals surface area contributed by atoms with Crippen molar-refractivity contribution in [2.45, 2.75) is 13.0 Å². The minimum atomic E-state index is -0.298. The molecule has 1 aromatic heterocycles. The predicted octanol–water partition coefficient (Wildman–Crippen LogP) is 1.98. The molecule has 3 rings (SSSR count). The lowest BCUT2D eigenvalue weighted by Crippen LogP contribution is -2.30. The van der Waals surface area contributed by atoms with Gasteiger partial charge in [-0.3, -0.25) is 9.98 Å². The Morgan fingerprint density at radius 2 is 2.28 bits per heavy atom. The fraction of sp³-hybridized carbons (Fsp3) is 0.231. The molecule has 0 unspecified atom stereocenters. The normalized spacial score (nSPS) is 13.8. The van der Waals surface area contributed by atoms with Crippen LogP contribution >= 0.6 is 0 Å². The van der Waals surface area contributed by atoms with Crippen LogP contribution < -0.4 is 10.8 Å². The maximum absolute atomic E-state index is 13.2. The van der Waals surface area contributed by atoms with Crippen molar-refractivity contribution in [3.63, 3.8) is 0 Å². The largest absolute Gasteiger partial charge is 0.356 e. The molecular weight excluding hydrogens is 231 g/mol. The Morgan fingerprint density at radius 1 is 1.39 bits per heavy atom. The first-order chi connectivity index (χ1) is 8.75. The van der Waals surface area contributed by atoms with Crippen molar-refractivity contribution in [1.29, 1.82) is 5.41 Å². The molecule has 0 amide bonds. The molecule has 0 radical (unpaired) electrons. The van der Waals surface area contributed by atoms with Gasteiger partial charge in [-0.2, -0.15) is 0 Å². The highest BCUT2D eigenvalue weighted by Gasteiger charge is 2.12. The fourth-order valence-corrected chi connectivity index (χ4v) is 2.17. The Morgan fingerprint density at radius 3 is 3.11 bits per heavy atom. The summed E-state index contributed by atoms with van der Waals surface area (Å²) in [6, 6.07) is 6.26. The summed E-state index contributed by atoms with van der Waals surface area (Å²) in [7, 11) is 0. The van der Waals surface area contributed by atoms with E-state index in [1.165, 1.54) is 12.1 Å². The fourth-order valence-electron chi connectivity index (χ4n) is 2.17. The molecule has 0 aliphatic carbocycles. The number of fused-ring (bicyclic) bond motifs is 1. The van der Waals surface area contributed by atoms with Crippen LogP contribution in [-0.2, 0) is 6.54 Å². The number of nitrogens with one attached hydrogen (secondary N) is 2. The van der Waals surface area contributed by atoms with Crippen molar-refractivity contribution in [2.24, 2.45) is 0 Å². The second kappa shape index (κ2) is 4.25. The van der Waals surface area contributed by atoms with Crippen LogP contribution in [0.2, 0.25) is 0 Å². The van der Waals surface area contributed by atoms with Crippen LogP contribution in [0.3, 0.4) is 0 Å². The van der Waals surface area contributed by atoms with Crippen LogP contribution in [0, 0.1) is 11.2 Å². The van der Waals surface area contributed by atoms with Crippen molar-refractivity contribution >= 4 is 5.95 Å².